The zero-order valence-corrected chi connectivity index (χ0v) is 16.3. The summed E-state index contributed by atoms with van der Waals surface area (Å²) in [4.78, 5) is 15.0. The van der Waals surface area contributed by atoms with Crippen LogP contribution in [0.3, 0.4) is 0 Å². The van der Waals surface area contributed by atoms with Gasteiger partial charge in [-0.2, -0.15) is 0 Å². The summed E-state index contributed by atoms with van der Waals surface area (Å²) in [6.07, 6.45) is 2.29. The Hall–Kier alpha value is -2.13. The van der Waals surface area contributed by atoms with Crippen molar-refractivity contribution in [3.63, 3.8) is 0 Å². The van der Waals surface area contributed by atoms with Crippen LogP contribution < -0.4 is 0 Å². The van der Waals surface area contributed by atoms with Gasteiger partial charge in [-0.1, -0.05) is 87.9 Å². The zero-order chi connectivity index (χ0) is 18.8. The first kappa shape index (κ1) is 20.2. The minimum atomic E-state index is -0.792. The van der Waals surface area contributed by atoms with E-state index in [1.807, 2.05) is 36.4 Å². The van der Waals surface area contributed by atoms with Crippen molar-refractivity contribution in [2.75, 3.05) is 19.6 Å². The maximum atomic E-state index is 12.7. The molecule has 0 amide bonds. The van der Waals surface area contributed by atoms with E-state index in [1.54, 1.807) is 0 Å². The normalized spacial score (nSPS) is 11.5. The maximum absolute atomic E-state index is 12.7. The lowest BCUT2D eigenvalue weighted by Gasteiger charge is -2.38. The fourth-order valence-electron chi connectivity index (χ4n) is 3.24. The molecule has 0 bridgehead atoms. The summed E-state index contributed by atoms with van der Waals surface area (Å²) in [5, 5.41) is 0. The van der Waals surface area contributed by atoms with E-state index in [4.69, 9.17) is 4.74 Å². The van der Waals surface area contributed by atoms with Gasteiger partial charge in [-0.25, -0.2) is 0 Å². The molecule has 0 radical (unpaired) electrons. The van der Waals surface area contributed by atoms with Crippen LogP contribution in [0.25, 0.3) is 0 Å². The van der Waals surface area contributed by atoms with Crippen LogP contribution in [0.2, 0.25) is 0 Å². The summed E-state index contributed by atoms with van der Waals surface area (Å²) in [6.45, 7) is 8.83. The van der Waals surface area contributed by atoms with Crippen molar-refractivity contribution in [3.8, 4) is 0 Å². The molecule has 0 fully saturated rings. The van der Waals surface area contributed by atoms with Crippen molar-refractivity contribution in [2.45, 2.75) is 45.6 Å². The van der Waals surface area contributed by atoms with Gasteiger partial charge >= 0.3 is 5.97 Å². The van der Waals surface area contributed by atoms with E-state index in [0.29, 0.717) is 13.0 Å². The van der Waals surface area contributed by atoms with E-state index in [0.717, 1.165) is 37.1 Å². The summed E-state index contributed by atoms with van der Waals surface area (Å²) in [7, 11) is 0. The smallest absolute Gasteiger partial charge is 0.307 e. The first-order chi connectivity index (χ1) is 12.7. The highest BCUT2D eigenvalue weighted by Crippen LogP contribution is 2.35. The summed E-state index contributed by atoms with van der Waals surface area (Å²) in [6, 6.07) is 20.3. The number of hydrogen-bond acceptors (Lipinski definition) is 3. The fourth-order valence-corrected chi connectivity index (χ4v) is 3.24. The molecule has 2 aromatic carbocycles. The number of hydrogen-bond donors (Lipinski definition) is 0. The Labute approximate surface area is 158 Å². The Morgan fingerprint density at radius 1 is 0.885 bits per heavy atom. The summed E-state index contributed by atoms with van der Waals surface area (Å²) in [5.74, 6) is -0.133. The lowest BCUT2D eigenvalue weighted by molar-refractivity contribution is -0.158. The molecular weight excluding hydrogens is 322 g/mol. The number of carbonyl (C=O) groups excluding carboxylic acids is 1. The van der Waals surface area contributed by atoms with Gasteiger partial charge in [0.1, 0.15) is 0 Å². The third-order valence-electron chi connectivity index (χ3n) is 4.84. The Bertz CT molecular complexity index is 611. The van der Waals surface area contributed by atoms with E-state index in [2.05, 4.69) is 49.9 Å². The lowest BCUT2D eigenvalue weighted by Crippen LogP contribution is -2.45. The van der Waals surface area contributed by atoms with E-state index >= 15 is 0 Å². The highest BCUT2D eigenvalue weighted by Gasteiger charge is 2.39. The molecule has 2 aromatic rings. The molecular formula is C23H31NO2. The molecule has 26 heavy (non-hydrogen) atoms. The third kappa shape index (κ3) is 4.95. The molecule has 0 aliphatic rings. The molecule has 0 N–H and O–H groups in total. The lowest BCUT2D eigenvalue weighted by atomic mass is 9.85. The van der Waals surface area contributed by atoms with Crippen LogP contribution in [0.5, 0.6) is 0 Å². The van der Waals surface area contributed by atoms with Gasteiger partial charge in [-0.15, -0.1) is 0 Å². The van der Waals surface area contributed by atoms with Crippen LogP contribution in [0.15, 0.2) is 60.7 Å². The highest BCUT2D eigenvalue weighted by atomic mass is 16.6. The first-order valence-corrected chi connectivity index (χ1v) is 9.71. The molecule has 3 nitrogen and oxygen atoms in total. The number of rotatable bonds is 10. The second-order valence-electron chi connectivity index (χ2n) is 6.60. The van der Waals surface area contributed by atoms with Gasteiger partial charge in [0.2, 0.25) is 0 Å². The molecule has 0 saturated carbocycles. The molecule has 140 valence electrons. The third-order valence-corrected chi connectivity index (χ3v) is 4.84. The van der Waals surface area contributed by atoms with Crippen LogP contribution in [-0.4, -0.2) is 30.5 Å². The van der Waals surface area contributed by atoms with Gasteiger partial charge in [-0.05, 0) is 19.5 Å². The number of likely N-dealkylation sites (N-methyl/N-ethyl adjacent to an activating group) is 1. The molecule has 0 aliphatic carbocycles. The fraction of sp³-hybridized carbons (Fsp3) is 0.435. The summed E-state index contributed by atoms with van der Waals surface area (Å²) < 4.78 is 6.27. The average Bonchev–Trinajstić information content (AvgIpc) is 2.71. The molecule has 3 heteroatoms. The van der Waals surface area contributed by atoms with E-state index in [9.17, 15) is 4.79 Å². The summed E-state index contributed by atoms with van der Waals surface area (Å²) >= 11 is 0. The largest absolute Gasteiger partial charge is 0.448 e. The molecule has 2 rings (SSSR count). The average molecular weight is 354 g/mol. The van der Waals surface area contributed by atoms with Crippen LogP contribution in [0, 0.1) is 0 Å². The number of esters is 1. The van der Waals surface area contributed by atoms with E-state index in [-0.39, 0.29) is 5.97 Å². The Morgan fingerprint density at radius 3 is 1.81 bits per heavy atom. The predicted molar refractivity (Wildman–Crippen MR) is 107 cm³/mol. The number of unbranched alkanes of at least 4 members (excludes halogenated alkanes) is 1. The number of benzene rings is 2. The van der Waals surface area contributed by atoms with Crippen LogP contribution >= 0.6 is 0 Å². The monoisotopic (exact) mass is 353 g/mol. The second-order valence-corrected chi connectivity index (χ2v) is 6.60. The van der Waals surface area contributed by atoms with Crippen molar-refractivity contribution in [1.29, 1.82) is 0 Å². The van der Waals surface area contributed by atoms with Crippen LogP contribution in [0.1, 0.15) is 51.2 Å². The van der Waals surface area contributed by atoms with Gasteiger partial charge in [0.25, 0.3) is 0 Å². The van der Waals surface area contributed by atoms with Gasteiger partial charge in [0, 0.05) is 24.1 Å². The minimum Gasteiger partial charge on any atom is -0.448 e. The topological polar surface area (TPSA) is 29.5 Å². The second kappa shape index (κ2) is 10.1. The molecule has 0 aliphatic heterocycles. The van der Waals surface area contributed by atoms with E-state index in [1.165, 1.54) is 0 Å². The number of carbonyl (C=O) groups is 1. The zero-order valence-electron chi connectivity index (χ0n) is 16.3. The van der Waals surface area contributed by atoms with E-state index < -0.39 is 5.60 Å². The van der Waals surface area contributed by atoms with Gasteiger partial charge in [0.15, 0.2) is 5.60 Å². The minimum absolute atomic E-state index is 0.133. The van der Waals surface area contributed by atoms with Crippen molar-refractivity contribution >= 4 is 5.97 Å². The SMILES string of the molecule is CCCCC(=O)OC(CN(CC)CC)(c1ccccc1)c1ccccc1. The maximum Gasteiger partial charge on any atom is 0.307 e. The number of nitrogens with zero attached hydrogens (tertiary/aromatic N) is 1. The quantitative estimate of drug-likeness (QED) is 0.563. The predicted octanol–water partition coefficient (Wildman–Crippen LogP) is 5.01. The molecule has 0 atom stereocenters. The first-order valence-electron chi connectivity index (χ1n) is 9.71. The van der Waals surface area contributed by atoms with Gasteiger partial charge in [0.05, 0.1) is 0 Å². The molecule has 0 aromatic heterocycles. The van der Waals surface area contributed by atoms with Gasteiger partial charge in [-0.3, -0.25) is 9.69 Å². The molecule has 0 spiro atoms. The summed E-state index contributed by atoms with van der Waals surface area (Å²) in [5.41, 5.74) is 1.24. The molecule has 0 heterocycles. The standard InChI is InChI=1S/C23H31NO2/c1-4-7-18-22(25)26-23(19-24(5-2)6-3,20-14-10-8-11-15-20)21-16-12-9-13-17-21/h8-17H,4-7,18-19H2,1-3H3. The molecule has 0 saturated heterocycles. The molecule has 0 unspecified atom stereocenters. The van der Waals surface area contributed by atoms with Crippen LogP contribution in [0.4, 0.5) is 0 Å². The highest BCUT2D eigenvalue weighted by molar-refractivity contribution is 5.70. The Kier molecular flexibility index (Phi) is 7.86. The van der Waals surface area contributed by atoms with Crippen molar-refractivity contribution in [2.24, 2.45) is 0 Å². The number of ether oxygens (including phenoxy) is 1. The van der Waals surface area contributed by atoms with Crippen molar-refractivity contribution < 1.29 is 9.53 Å². The van der Waals surface area contributed by atoms with Crippen LogP contribution in [-0.2, 0) is 15.1 Å². The Balaban J connectivity index is 2.53. The van der Waals surface area contributed by atoms with Crippen molar-refractivity contribution in [1.82, 2.24) is 4.90 Å². The Morgan fingerprint density at radius 2 is 1.38 bits per heavy atom. The van der Waals surface area contributed by atoms with Gasteiger partial charge < -0.3 is 4.74 Å². The van der Waals surface area contributed by atoms with Crippen molar-refractivity contribution in [3.05, 3.63) is 71.8 Å².